The molecule has 1 aliphatic rings. The number of aromatic nitrogens is 3. The molecule has 0 aliphatic carbocycles. The molecule has 0 amide bonds. The van der Waals surface area contributed by atoms with Gasteiger partial charge >= 0.3 is 0 Å². The topological polar surface area (TPSA) is 43.2 Å². The monoisotopic (exact) mass is 238 g/mol. The Labute approximate surface area is 103 Å². The van der Waals surface area contributed by atoms with E-state index in [9.17, 15) is 0 Å². The fourth-order valence-electron chi connectivity index (χ4n) is 2.75. The van der Waals surface area contributed by atoms with Crippen molar-refractivity contribution >= 4 is 0 Å². The molecule has 0 bridgehead atoms. The van der Waals surface area contributed by atoms with Gasteiger partial charge in [0.25, 0.3) is 0 Å². The van der Waals surface area contributed by atoms with E-state index < -0.39 is 0 Å². The van der Waals surface area contributed by atoms with Crippen LogP contribution in [0.1, 0.15) is 25.6 Å². The van der Waals surface area contributed by atoms with Crippen molar-refractivity contribution in [3.05, 3.63) is 12.2 Å². The molecule has 1 fully saturated rings. The minimum Gasteiger partial charge on any atom is -0.383 e. The molecule has 0 aromatic carbocycles. The number of hydrogen-bond donors (Lipinski definition) is 0. The molecule has 1 saturated heterocycles. The summed E-state index contributed by atoms with van der Waals surface area (Å²) >= 11 is 0. The molecule has 1 aromatic heterocycles. The molecular weight excluding hydrogens is 216 g/mol. The Balaban J connectivity index is 2.17. The molecule has 2 rings (SSSR count). The van der Waals surface area contributed by atoms with Crippen LogP contribution in [0.2, 0.25) is 0 Å². The van der Waals surface area contributed by atoms with Crippen LogP contribution >= 0.6 is 0 Å². The first-order valence-electron chi connectivity index (χ1n) is 6.21. The second kappa shape index (κ2) is 5.14. The van der Waals surface area contributed by atoms with Crippen LogP contribution in [0.4, 0.5) is 0 Å². The molecule has 0 N–H and O–H groups in total. The van der Waals surface area contributed by atoms with Crippen LogP contribution in [-0.4, -0.2) is 53.5 Å². The van der Waals surface area contributed by atoms with Gasteiger partial charge in [-0.05, 0) is 26.4 Å². The molecule has 1 atom stereocenters. The number of likely N-dealkylation sites (N-methyl/N-ethyl adjacent to an activating group) is 1. The summed E-state index contributed by atoms with van der Waals surface area (Å²) in [6, 6.07) is 0. The lowest BCUT2D eigenvalue weighted by Crippen LogP contribution is -2.44. The summed E-state index contributed by atoms with van der Waals surface area (Å²) in [7, 11) is 3.90. The number of hydrogen-bond acceptors (Lipinski definition) is 4. The van der Waals surface area contributed by atoms with Crippen molar-refractivity contribution in [3.8, 4) is 0 Å². The Kier molecular flexibility index (Phi) is 3.79. The highest BCUT2D eigenvalue weighted by molar-refractivity contribution is 5.09. The van der Waals surface area contributed by atoms with Gasteiger partial charge in [0, 0.05) is 25.6 Å². The van der Waals surface area contributed by atoms with Crippen molar-refractivity contribution in [2.75, 3.05) is 33.9 Å². The number of ether oxygens (including phenoxy) is 1. The largest absolute Gasteiger partial charge is 0.383 e. The summed E-state index contributed by atoms with van der Waals surface area (Å²) in [5, 5.41) is 8.39. The van der Waals surface area contributed by atoms with Crippen LogP contribution in [0.3, 0.4) is 0 Å². The van der Waals surface area contributed by atoms with E-state index in [2.05, 4.69) is 33.6 Å². The van der Waals surface area contributed by atoms with Crippen molar-refractivity contribution in [3.63, 3.8) is 0 Å². The number of piperidine rings is 1. The van der Waals surface area contributed by atoms with Crippen LogP contribution in [0, 0.1) is 0 Å². The summed E-state index contributed by atoms with van der Waals surface area (Å²) in [5.74, 6) is 1.10. The van der Waals surface area contributed by atoms with E-state index in [1.165, 1.54) is 19.4 Å². The molecule has 1 unspecified atom stereocenters. The molecule has 0 saturated carbocycles. The first-order valence-corrected chi connectivity index (χ1v) is 6.21. The van der Waals surface area contributed by atoms with Crippen molar-refractivity contribution in [2.24, 2.45) is 0 Å². The molecule has 2 heterocycles. The first-order chi connectivity index (χ1) is 8.15. The maximum Gasteiger partial charge on any atom is 0.140 e. The van der Waals surface area contributed by atoms with Crippen molar-refractivity contribution in [1.29, 1.82) is 0 Å². The lowest BCUT2D eigenvalue weighted by molar-refractivity contribution is 0.165. The van der Waals surface area contributed by atoms with Gasteiger partial charge in [0.2, 0.25) is 0 Å². The molecule has 1 aromatic rings. The average molecular weight is 238 g/mol. The summed E-state index contributed by atoms with van der Waals surface area (Å²) in [4.78, 5) is 2.37. The van der Waals surface area contributed by atoms with E-state index in [0.29, 0.717) is 6.61 Å². The number of methoxy groups -OCH3 is 1. The summed E-state index contributed by atoms with van der Waals surface area (Å²) in [6.07, 6.45) is 4.22. The first kappa shape index (κ1) is 12.5. The normalized spacial score (nSPS) is 26.3. The lowest BCUT2D eigenvalue weighted by atomic mass is 9.81. The Hall–Kier alpha value is -0.940. The summed E-state index contributed by atoms with van der Waals surface area (Å²) in [5.41, 5.74) is 0.122. The zero-order chi connectivity index (χ0) is 12.3. The van der Waals surface area contributed by atoms with Gasteiger partial charge in [-0.15, -0.1) is 10.2 Å². The number of rotatable bonds is 4. The third kappa shape index (κ3) is 2.66. The maximum atomic E-state index is 5.12. The van der Waals surface area contributed by atoms with Crippen LogP contribution in [0.15, 0.2) is 6.33 Å². The predicted molar refractivity (Wildman–Crippen MR) is 66.0 cm³/mol. The zero-order valence-corrected chi connectivity index (χ0v) is 11.0. The Morgan fingerprint density at radius 1 is 1.53 bits per heavy atom. The molecule has 96 valence electrons. The molecule has 0 spiro atoms. The van der Waals surface area contributed by atoms with Gasteiger partial charge in [0.05, 0.1) is 6.61 Å². The van der Waals surface area contributed by atoms with E-state index in [4.69, 9.17) is 4.74 Å². The minimum atomic E-state index is 0.122. The van der Waals surface area contributed by atoms with Gasteiger partial charge in [-0.2, -0.15) is 0 Å². The van der Waals surface area contributed by atoms with Gasteiger partial charge < -0.3 is 14.2 Å². The molecule has 1 aliphatic heterocycles. The predicted octanol–water partition coefficient (Wildman–Crippen LogP) is 0.908. The Bertz CT molecular complexity index is 365. The Morgan fingerprint density at radius 2 is 2.35 bits per heavy atom. The molecule has 5 heteroatoms. The molecular formula is C12H22N4O. The second-order valence-corrected chi connectivity index (χ2v) is 5.24. The second-order valence-electron chi connectivity index (χ2n) is 5.24. The third-order valence-corrected chi connectivity index (χ3v) is 3.58. The number of nitrogens with zero attached hydrogens (tertiary/aromatic N) is 4. The maximum absolute atomic E-state index is 5.12. The fourth-order valence-corrected chi connectivity index (χ4v) is 2.75. The Morgan fingerprint density at radius 3 is 3.06 bits per heavy atom. The number of likely N-dealkylation sites (tertiary alicyclic amines) is 1. The van der Waals surface area contributed by atoms with Crippen LogP contribution in [-0.2, 0) is 16.7 Å². The molecule has 17 heavy (non-hydrogen) atoms. The SMILES string of the molecule is COCCn1cnnc1C1(C)CCCN(C)C1. The van der Waals surface area contributed by atoms with Crippen LogP contribution < -0.4 is 0 Å². The quantitative estimate of drug-likeness (QED) is 0.782. The molecule has 5 nitrogen and oxygen atoms in total. The van der Waals surface area contributed by atoms with Gasteiger partial charge in [-0.25, -0.2) is 0 Å². The van der Waals surface area contributed by atoms with Crippen molar-refractivity contribution in [2.45, 2.75) is 31.7 Å². The highest BCUT2D eigenvalue weighted by atomic mass is 16.5. The third-order valence-electron chi connectivity index (χ3n) is 3.58. The summed E-state index contributed by atoms with van der Waals surface area (Å²) < 4.78 is 7.25. The highest BCUT2D eigenvalue weighted by Crippen LogP contribution is 2.31. The van der Waals surface area contributed by atoms with E-state index in [1.807, 2.05) is 6.33 Å². The summed E-state index contributed by atoms with van der Waals surface area (Å²) in [6.45, 7) is 6.06. The smallest absolute Gasteiger partial charge is 0.140 e. The van der Waals surface area contributed by atoms with Gasteiger partial charge in [-0.1, -0.05) is 6.92 Å². The van der Waals surface area contributed by atoms with Gasteiger partial charge in [0.15, 0.2) is 0 Å². The average Bonchev–Trinajstić information content (AvgIpc) is 2.74. The highest BCUT2D eigenvalue weighted by Gasteiger charge is 2.35. The fraction of sp³-hybridized carbons (Fsp3) is 0.833. The van der Waals surface area contributed by atoms with Crippen molar-refractivity contribution in [1.82, 2.24) is 19.7 Å². The van der Waals surface area contributed by atoms with Crippen LogP contribution in [0.5, 0.6) is 0 Å². The zero-order valence-electron chi connectivity index (χ0n) is 11.0. The van der Waals surface area contributed by atoms with Crippen LogP contribution in [0.25, 0.3) is 0 Å². The minimum absolute atomic E-state index is 0.122. The standard InChI is InChI=1S/C12H22N4O/c1-12(5-4-6-15(2)9-12)11-14-13-10-16(11)7-8-17-3/h10H,4-9H2,1-3H3. The van der Waals surface area contributed by atoms with E-state index in [-0.39, 0.29) is 5.41 Å². The van der Waals surface area contributed by atoms with E-state index >= 15 is 0 Å². The lowest BCUT2D eigenvalue weighted by Gasteiger charge is -2.38. The van der Waals surface area contributed by atoms with Crippen molar-refractivity contribution < 1.29 is 4.74 Å². The van der Waals surface area contributed by atoms with Gasteiger partial charge in [-0.3, -0.25) is 0 Å². The molecule has 0 radical (unpaired) electrons. The van der Waals surface area contributed by atoms with Gasteiger partial charge in [0.1, 0.15) is 12.2 Å². The van der Waals surface area contributed by atoms with E-state index in [0.717, 1.165) is 18.9 Å². The van der Waals surface area contributed by atoms with E-state index in [1.54, 1.807) is 7.11 Å².